The van der Waals surface area contributed by atoms with Gasteiger partial charge in [0.05, 0.1) is 0 Å². The predicted molar refractivity (Wildman–Crippen MR) is 85.0 cm³/mol. The van der Waals surface area contributed by atoms with Crippen LogP contribution in [-0.2, 0) is 0 Å². The molecule has 0 aromatic carbocycles. The van der Waals surface area contributed by atoms with Gasteiger partial charge in [-0.25, -0.2) is 0 Å². The molecule has 2 aliphatic heterocycles. The minimum atomic E-state index is 0.558. The number of fused-ring (bicyclic) bond motifs is 1. The van der Waals surface area contributed by atoms with Gasteiger partial charge in [0, 0.05) is 38.8 Å². The van der Waals surface area contributed by atoms with E-state index >= 15 is 0 Å². The van der Waals surface area contributed by atoms with Crippen molar-refractivity contribution >= 4 is 0 Å². The van der Waals surface area contributed by atoms with E-state index in [-0.39, 0.29) is 0 Å². The summed E-state index contributed by atoms with van der Waals surface area (Å²) in [5, 5.41) is 3.49. The molecule has 3 heteroatoms. The summed E-state index contributed by atoms with van der Waals surface area (Å²) in [5.41, 5.74) is 0.558. The van der Waals surface area contributed by atoms with Gasteiger partial charge in [-0.2, -0.15) is 0 Å². The molecule has 20 heavy (non-hydrogen) atoms. The Morgan fingerprint density at radius 2 is 1.90 bits per heavy atom. The van der Waals surface area contributed by atoms with E-state index in [0.29, 0.717) is 5.41 Å². The van der Waals surface area contributed by atoms with Crippen molar-refractivity contribution in [2.75, 3.05) is 46.3 Å². The van der Waals surface area contributed by atoms with Crippen molar-refractivity contribution in [3.05, 3.63) is 0 Å². The van der Waals surface area contributed by atoms with Crippen molar-refractivity contribution in [3.8, 4) is 0 Å². The molecule has 1 N–H and O–H groups in total. The first kappa shape index (κ1) is 14.8. The van der Waals surface area contributed by atoms with Crippen LogP contribution in [-0.4, -0.2) is 62.2 Å². The minimum absolute atomic E-state index is 0.558. The zero-order valence-corrected chi connectivity index (χ0v) is 13.5. The number of nitrogens with zero attached hydrogens (tertiary/aromatic N) is 2. The van der Waals surface area contributed by atoms with Crippen molar-refractivity contribution in [1.82, 2.24) is 15.1 Å². The molecule has 1 saturated carbocycles. The van der Waals surface area contributed by atoms with Crippen molar-refractivity contribution in [3.63, 3.8) is 0 Å². The Labute approximate surface area is 125 Å². The van der Waals surface area contributed by atoms with Gasteiger partial charge >= 0.3 is 0 Å². The van der Waals surface area contributed by atoms with E-state index in [4.69, 9.17) is 0 Å². The van der Waals surface area contributed by atoms with Gasteiger partial charge in [0.2, 0.25) is 0 Å². The van der Waals surface area contributed by atoms with Gasteiger partial charge < -0.3 is 5.32 Å². The fourth-order valence-electron chi connectivity index (χ4n) is 4.81. The zero-order valence-electron chi connectivity index (χ0n) is 13.5. The molecule has 0 radical (unpaired) electrons. The summed E-state index contributed by atoms with van der Waals surface area (Å²) in [7, 11) is 2.13. The molecule has 2 saturated heterocycles. The molecule has 0 aromatic rings. The molecule has 0 bridgehead atoms. The van der Waals surface area contributed by atoms with E-state index in [9.17, 15) is 0 Å². The standard InChI is InChI=1S/C17H33N3/c1-15-5-7-17(8-6-15,13-18-2)14-19-10-11-20-9-3-4-16(20)12-19/h15-16,18H,3-14H2,1-2H3. The van der Waals surface area contributed by atoms with Crippen LogP contribution >= 0.6 is 0 Å². The Morgan fingerprint density at radius 3 is 2.65 bits per heavy atom. The second-order valence-corrected chi connectivity index (χ2v) is 7.78. The second-order valence-electron chi connectivity index (χ2n) is 7.78. The fourth-order valence-corrected chi connectivity index (χ4v) is 4.81. The van der Waals surface area contributed by atoms with E-state index in [1.54, 1.807) is 0 Å². The molecule has 3 fully saturated rings. The van der Waals surface area contributed by atoms with Gasteiger partial charge in [-0.3, -0.25) is 9.80 Å². The molecular formula is C17H33N3. The van der Waals surface area contributed by atoms with E-state index < -0.39 is 0 Å². The van der Waals surface area contributed by atoms with Gasteiger partial charge in [0.25, 0.3) is 0 Å². The highest BCUT2D eigenvalue weighted by atomic mass is 15.3. The van der Waals surface area contributed by atoms with Crippen LogP contribution in [0.15, 0.2) is 0 Å². The molecule has 2 heterocycles. The summed E-state index contributed by atoms with van der Waals surface area (Å²) in [5.74, 6) is 0.951. The fraction of sp³-hybridized carbons (Fsp3) is 1.00. The lowest BCUT2D eigenvalue weighted by Gasteiger charge is -2.46. The average Bonchev–Trinajstić information content (AvgIpc) is 2.90. The minimum Gasteiger partial charge on any atom is -0.319 e. The van der Waals surface area contributed by atoms with Gasteiger partial charge in [-0.1, -0.05) is 19.8 Å². The quantitative estimate of drug-likeness (QED) is 0.851. The Bertz CT molecular complexity index is 309. The highest BCUT2D eigenvalue weighted by Gasteiger charge is 2.38. The zero-order chi connectivity index (χ0) is 14.0. The molecule has 1 unspecified atom stereocenters. The lowest BCUT2D eigenvalue weighted by atomic mass is 9.70. The molecule has 1 aliphatic carbocycles. The highest BCUT2D eigenvalue weighted by Crippen LogP contribution is 2.39. The van der Waals surface area contributed by atoms with Crippen LogP contribution in [0.1, 0.15) is 45.4 Å². The summed E-state index contributed by atoms with van der Waals surface area (Å²) in [6.45, 7) is 10.3. The van der Waals surface area contributed by atoms with E-state index in [1.807, 2.05) is 0 Å². The summed E-state index contributed by atoms with van der Waals surface area (Å²) in [4.78, 5) is 5.52. The maximum atomic E-state index is 3.49. The summed E-state index contributed by atoms with van der Waals surface area (Å²) >= 11 is 0. The topological polar surface area (TPSA) is 18.5 Å². The first-order valence-corrected chi connectivity index (χ1v) is 8.82. The molecule has 3 aliphatic rings. The third-order valence-electron chi connectivity index (χ3n) is 6.12. The van der Waals surface area contributed by atoms with Crippen molar-refractivity contribution in [2.24, 2.45) is 11.3 Å². The normalized spacial score (nSPS) is 39.9. The summed E-state index contributed by atoms with van der Waals surface area (Å²) in [6.07, 6.45) is 8.60. The SMILES string of the molecule is CNCC1(CN2CCN3CCCC3C2)CCC(C)CC1. The van der Waals surface area contributed by atoms with Crippen LogP contribution in [0.4, 0.5) is 0 Å². The molecule has 1 atom stereocenters. The maximum absolute atomic E-state index is 3.49. The van der Waals surface area contributed by atoms with Gasteiger partial charge in [-0.05, 0) is 50.6 Å². The molecular weight excluding hydrogens is 246 g/mol. The third kappa shape index (κ3) is 3.20. The lowest BCUT2D eigenvalue weighted by Crippen LogP contribution is -2.54. The van der Waals surface area contributed by atoms with Gasteiger partial charge in [0.15, 0.2) is 0 Å². The molecule has 0 aromatic heterocycles. The van der Waals surface area contributed by atoms with E-state index in [1.165, 1.54) is 77.8 Å². The van der Waals surface area contributed by atoms with Crippen molar-refractivity contribution in [1.29, 1.82) is 0 Å². The number of hydrogen-bond acceptors (Lipinski definition) is 3. The molecule has 3 rings (SSSR count). The monoisotopic (exact) mass is 279 g/mol. The van der Waals surface area contributed by atoms with Crippen LogP contribution in [0.2, 0.25) is 0 Å². The first-order valence-electron chi connectivity index (χ1n) is 8.82. The smallest absolute Gasteiger partial charge is 0.0224 e. The van der Waals surface area contributed by atoms with E-state index in [0.717, 1.165) is 12.0 Å². The Morgan fingerprint density at radius 1 is 1.10 bits per heavy atom. The summed E-state index contributed by atoms with van der Waals surface area (Å²) in [6, 6.07) is 0.873. The van der Waals surface area contributed by atoms with Crippen LogP contribution in [0, 0.1) is 11.3 Å². The Hall–Kier alpha value is -0.120. The first-order chi connectivity index (χ1) is 9.71. The summed E-state index contributed by atoms with van der Waals surface area (Å²) < 4.78 is 0. The average molecular weight is 279 g/mol. The van der Waals surface area contributed by atoms with Crippen LogP contribution in [0.3, 0.4) is 0 Å². The third-order valence-corrected chi connectivity index (χ3v) is 6.12. The molecule has 3 nitrogen and oxygen atoms in total. The van der Waals surface area contributed by atoms with Crippen molar-refractivity contribution < 1.29 is 0 Å². The molecule has 0 spiro atoms. The number of piperazine rings is 1. The number of hydrogen-bond donors (Lipinski definition) is 1. The van der Waals surface area contributed by atoms with E-state index in [2.05, 4.69) is 29.1 Å². The van der Waals surface area contributed by atoms with Crippen LogP contribution in [0.25, 0.3) is 0 Å². The number of nitrogens with one attached hydrogen (secondary N) is 1. The highest BCUT2D eigenvalue weighted by molar-refractivity contribution is 4.93. The number of rotatable bonds is 4. The molecule has 0 amide bonds. The lowest BCUT2D eigenvalue weighted by molar-refractivity contribution is 0.0406. The Balaban J connectivity index is 1.58. The molecule has 116 valence electrons. The van der Waals surface area contributed by atoms with Gasteiger partial charge in [-0.15, -0.1) is 0 Å². The van der Waals surface area contributed by atoms with Crippen molar-refractivity contribution in [2.45, 2.75) is 51.5 Å². The van der Waals surface area contributed by atoms with Gasteiger partial charge in [0.1, 0.15) is 0 Å². The largest absolute Gasteiger partial charge is 0.319 e. The predicted octanol–water partition coefficient (Wildman–Crippen LogP) is 2.18. The Kier molecular flexibility index (Phi) is 4.68. The second kappa shape index (κ2) is 6.33. The maximum Gasteiger partial charge on any atom is 0.0224 e. The van der Waals surface area contributed by atoms with Crippen LogP contribution in [0.5, 0.6) is 0 Å². The van der Waals surface area contributed by atoms with Crippen LogP contribution < -0.4 is 5.32 Å².